The van der Waals surface area contributed by atoms with Crippen LogP contribution in [0.25, 0.3) is 5.69 Å². The topological polar surface area (TPSA) is 34.0 Å². The molecular weight excluding hydrogens is 212 g/mol. The van der Waals surface area contributed by atoms with E-state index in [1.54, 1.807) is 0 Å². The van der Waals surface area contributed by atoms with Crippen LogP contribution >= 0.6 is 0 Å². The highest BCUT2D eigenvalue weighted by Crippen LogP contribution is 2.31. The minimum absolute atomic E-state index is 0.456. The van der Waals surface area contributed by atoms with Gasteiger partial charge in [0.2, 0.25) is 0 Å². The third kappa shape index (κ3) is 1.44. The number of nitrogens with zero attached hydrogens (tertiary/aromatic N) is 4. The number of aromatic nitrogens is 3. The quantitative estimate of drug-likeness (QED) is 0.751. The highest BCUT2D eigenvalue weighted by molar-refractivity contribution is 5.60. The zero-order chi connectivity index (χ0) is 12.0. The van der Waals surface area contributed by atoms with Crippen LogP contribution in [0.3, 0.4) is 0 Å². The summed E-state index contributed by atoms with van der Waals surface area (Å²) in [5.74, 6) is 1.48. The number of rotatable bonds is 1. The highest BCUT2D eigenvalue weighted by Gasteiger charge is 2.24. The maximum absolute atomic E-state index is 4.54. The molecule has 3 rings (SSSR count). The van der Waals surface area contributed by atoms with Gasteiger partial charge in [-0.25, -0.2) is 9.97 Å². The van der Waals surface area contributed by atoms with Gasteiger partial charge in [-0.2, -0.15) is 0 Å². The van der Waals surface area contributed by atoms with Crippen molar-refractivity contribution in [3.05, 3.63) is 36.0 Å². The number of anilines is 1. The second-order valence-corrected chi connectivity index (χ2v) is 4.80. The van der Waals surface area contributed by atoms with Gasteiger partial charge in [0, 0.05) is 13.2 Å². The summed E-state index contributed by atoms with van der Waals surface area (Å²) in [6, 6.07) is 4.06. The summed E-state index contributed by atoms with van der Waals surface area (Å²) in [4.78, 5) is 11.1. The Morgan fingerprint density at radius 3 is 2.88 bits per heavy atom. The molecular formula is C13H16N4. The van der Waals surface area contributed by atoms with Crippen molar-refractivity contribution in [2.45, 2.75) is 26.3 Å². The molecule has 17 heavy (non-hydrogen) atoms. The van der Waals surface area contributed by atoms with Gasteiger partial charge in [-0.15, -0.1) is 0 Å². The lowest BCUT2D eigenvalue weighted by molar-refractivity contribution is 0.746. The third-order valence-electron chi connectivity index (χ3n) is 3.22. The molecule has 0 atom stereocenters. The lowest BCUT2D eigenvalue weighted by atomic mass is 10.1. The summed E-state index contributed by atoms with van der Waals surface area (Å²) in [5, 5.41) is 0. The summed E-state index contributed by atoms with van der Waals surface area (Å²) in [6.45, 7) is 5.24. The van der Waals surface area contributed by atoms with Crippen LogP contribution in [-0.2, 0) is 6.54 Å². The Morgan fingerprint density at radius 1 is 1.29 bits per heavy atom. The van der Waals surface area contributed by atoms with E-state index in [1.165, 1.54) is 11.4 Å². The normalized spacial score (nSPS) is 13.8. The van der Waals surface area contributed by atoms with Crippen molar-refractivity contribution < 1.29 is 0 Å². The first-order valence-corrected chi connectivity index (χ1v) is 5.91. The Kier molecular flexibility index (Phi) is 2.18. The number of fused-ring (bicyclic) bond motifs is 3. The van der Waals surface area contributed by atoms with E-state index in [0.717, 1.165) is 18.1 Å². The number of imidazole rings is 1. The van der Waals surface area contributed by atoms with E-state index in [4.69, 9.17) is 0 Å². The van der Waals surface area contributed by atoms with Crippen LogP contribution in [0.1, 0.15) is 31.2 Å². The molecule has 0 amide bonds. The maximum Gasteiger partial charge on any atom is 0.153 e. The zero-order valence-electron chi connectivity index (χ0n) is 10.4. The molecule has 0 radical (unpaired) electrons. The minimum Gasteiger partial charge on any atom is -0.352 e. The molecule has 0 saturated heterocycles. The molecule has 0 aliphatic carbocycles. The van der Waals surface area contributed by atoms with Crippen LogP contribution in [-0.4, -0.2) is 21.6 Å². The average Bonchev–Trinajstić information content (AvgIpc) is 2.73. The minimum atomic E-state index is 0.456. The Morgan fingerprint density at radius 2 is 2.12 bits per heavy atom. The fourth-order valence-corrected chi connectivity index (χ4v) is 2.40. The average molecular weight is 228 g/mol. The van der Waals surface area contributed by atoms with Crippen LogP contribution in [0.15, 0.2) is 24.7 Å². The van der Waals surface area contributed by atoms with Crippen LogP contribution in [0.5, 0.6) is 0 Å². The van der Waals surface area contributed by atoms with Crippen molar-refractivity contribution in [2.75, 3.05) is 11.9 Å². The molecule has 0 unspecified atom stereocenters. The van der Waals surface area contributed by atoms with E-state index >= 15 is 0 Å². The molecule has 1 aliphatic rings. The number of hydrogen-bond donors (Lipinski definition) is 0. The smallest absolute Gasteiger partial charge is 0.153 e. The molecule has 0 bridgehead atoms. The molecule has 4 heteroatoms. The second-order valence-electron chi connectivity index (χ2n) is 4.80. The number of hydrogen-bond acceptors (Lipinski definition) is 3. The van der Waals surface area contributed by atoms with E-state index in [1.807, 2.05) is 18.6 Å². The Balaban J connectivity index is 2.22. The van der Waals surface area contributed by atoms with Gasteiger partial charge in [0.25, 0.3) is 0 Å². The predicted molar refractivity (Wildman–Crippen MR) is 67.6 cm³/mol. The van der Waals surface area contributed by atoms with Gasteiger partial charge in [0.05, 0.1) is 29.9 Å². The first kappa shape index (κ1) is 10.3. The van der Waals surface area contributed by atoms with E-state index in [9.17, 15) is 0 Å². The van der Waals surface area contributed by atoms with Crippen LogP contribution in [0.4, 0.5) is 5.82 Å². The molecule has 0 aromatic carbocycles. The van der Waals surface area contributed by atoms with Crippen LogP contribution < -0.4 is 4.90 Å². The van der Waals surface area contributed by atoms with Crippen molar-refractivity contribution in [2.24, 2.45) is 0 Å². The van der Waals surface area contributed by atoms with Gasteiger partial charge in [-0.1, -0.05) is 13.8 Å². The van der Waals surface area contributed by atoms with Crippen molar-refractivity contribution in [1.29, 1.82) is 0 Å². The lowest BCUT2D eigenvalue weighted by Crippen LogP contribution is -2.26. The Hall–Kier alpha value is -1.84. The largest absolute Gasteiger partial charge is 0.352 e. The van der Waals surface area contributed by atoms with Crippen molar-refractivity contribution in [1.82, 2.24) is 14.5 Å². The van der Waals surface area contributed by atoms with Crippen LogP contribution in [0, 0.1) is 0 Å². The van der Waals surface area contributed by atoms with Crippen molar-refractivity contribution in [3.63, 3.8) is 0 Å². The summed E-state index contributed by atoms with van der Waals surface area (Å²) >= 11 is 0. The highest BCUT2D eigenvalue weighted by atomic mass is 15.2. The molecule has 1 aliphatic heterocycles. The standard InChI is InChI=1S/C13H16N4/c1-9(2)12-11-7-16(3)13-10(5-4-6-14-13)17(11)8-15-12/h4-6,8-9H,7H2,1-3H3. The molecule has 2 aromatic rings. The molecule has 0 saturated carbocycles. The fraction of sp³-hybridized carbons (Fsp3) is 0.385. The van der Waals surface area contributed by atoms with Gasteiger partial charge in [0.1, 0.15) is 0 Å². The fourth-order valence-electron chi connectivity index (χ4n) is 2.40. The summed E-state index contributed by atoms with van der Waals surface area (Å²) in [7, 11) is 2.08. The predicted octanol–water partition coefficient (Wildman–Crippen LogP) is 2.34. The van der Waals surface area contributed by atoms with Gasteiger partial charge < -0.3 is 4.90 Å². The molecule has 88 valence electrons. The Labute approximate surface area is 101 Å². The molecule has 0 N–H and O–H groups in total. The van der Waals surface area contributed by atoms with Crippen LogP contribution in [0.2, 0.25) is 0 Å². The second kappa shape index (κ2) is 3.58. The SMILES string of the molecule is CC(C)c1ncn2c1CN(C)c1ncccc1-2. The summed E-state index contributed by atoms with van der Waals surface area (Å²) in [5.41, 5.74) is 3.59. The Bertz CT molecular complexity index is 556. The van der Waals surface area contributed by atoms with Gasteiger partial charge >= 0.3 is 0 Å². The summed E-state index contributed by atoms with van der Waals surface area (Å²) in [6.07, 6.45) is 3.75. The van der Waals surface area contributed by atoms with Gasteiger partial charge in [-0.3, -0.25) is 4.57 Å². The monoisotopic (exact) mass is 228 g/mol. The van der Waals surface area contributed by atoms with E-state index in [-0.39, 0.29) is 0 Å². The maximum atomic E-state index is 4.54. The first-order chi connectivity index (χ1) is 8.18. The van der Waals surface area contributed by atoms with Gasteiger partial charge in [0.15, 0.2) is 5.82 Å². The molecule has 0 spiro atoms. The molecule has 2 aromatic heterocycles. The van der Waals surface area contributed by atoms with E-state index < -0.39 is 0 Å². The zero-order valence-corrected chi connectivity index (χ0v) is 10.4. The molecule has 3 heterocycles. The van der Waals surface area contributed by atoms with E-state index in [2.05, 4.69) is 46.4 Å². The van der Waals surface area contributed by atoms with E-state index in [0.29, 0.717) is 5.92 Å². The molecule has 4 nitrogen and oxygen atoms in total. The van der Waals surface area contributed by atoms with Crippen molar-refractivity contribution >= 4 is 5.82 Å². The molecule has 0 fully saturated rings. The number of pyridine rings is 1. The first-order valence-electron chi connectivity index (χ1n) is 5.91. The van der Waals surface area contributed by atoms with Gasteiger partial charge in [-0.05, 0) is 18.1 Å². The third-order valence-corrected chi connectivity index (χ3v) is 3.22. The lowest BCUT2D eigenvalue weighted by Gasteiger charge is -2.28. The van der Waals surface area contributed by atoms with Crippen molar-refractivity contribution in [3.8, 4) is 5.69 Å². The summed E-state index contributed by atoms with van der Waals surface area (Å²) < 4.78 is 2.16.